The van der Waals surface area contributed by atoms with Crippen LogP contribution >= 0.6 is 0 Å². The number of piperidine rings is 1. The Labute approximate surface area is 166 Å². The van der Waals surface area contributed by atoms with E-state index in [9.17, 15) is 18.3 Å². The van der Waals surface area contributed by atoms with Crippen molar-refractivity contribution < 1.29 is 18.3 Å². The molecule has 0 radical (unpaired) electrons. The molecule has 0 aliphatic carbocycles. The third-order valence-electron chi connectivity index (χ3n) is 5.59. The van der Waals surface area contributed by atoms with Gasteiger partial charge in [0.05, 0.1) is 17.3 Å². The van der Waals surface area contributed by atoms with E-state index in [2.05, 4.69) is 21.9 Å². The maximum atomic E-state index is 13.0. The first-order chi connectivity index (χ1) is 13.8. The van der Waals surface area contributed by atoms with Gasteiger partial charge in [-0.25, -0.2) is 4.98 Å². The number of phenols is 1. The Hall–Kier alpha value is -2.61. The summed E-state index contributed by atoms with van der Waals surface area (Å²) in [6.07, 6.45) is -0.374. The molecule has 29 heavy (non-hydrogen) atoms. The van der Waals surface area contributed by atoms with Gasteiger partial charge in [0.15, 0.2) is 5.65 Å². The maximum Gasteiger partial charge on any atom is 0.416 e. The molecule has 0 spiro atoms. The quantitative estimate of drug-likeness (QED) is 0.682. The summed E-state index contributed by atoms with van der Waals surface area (Å²) in [4.78, 5) is 6.92. The monoisotopic (exact) mass is 404 g/mol. The van der Waals surface area contributed by atoms with Crippen molar-refractivity contribution in [1.82, 2.24) is 19.7 Å². The lowest BCUT2D eigenvalue weighted by atomic mass is 10.00. The van der Waals surface area contributed by atoms with Crippen LogP contribution in [0.15, 0.2) is 30.5 Å². The van der Waals surface area contributed by atoms with E-state index >= 15 is 0 Å². The van der Waals surface area contributed by atoms with Gasteiger partial charge in [-0.1, -0.05) is 6.92 Å². The number of likely N-dealkylation sites (N-methyl/N-ethyl adjacent to an activating group) is 1. The van der Waals surface area contributed by atoms with Crippen molar-refractivity contribution in [2.45, 2.75) is 38.9 Å². The second kappa shape index (κ2) is 7.33. The van der Waals surface area contributed by atoms with Gasteiger partial charge < -0.3 is 10.0 Å². The number of rotatable bonds is 3. The summed E-state index contributed by atoms with van der Waals surface area (Å²) in [5, 5.41) is 15.7. The fraction of sp³-hybridized carbons (Fsp3) is 0.429. The van der Waals surface area contributed by atoms with Gasteiger partial charge in [0.2, 0.25) is 0 Å². The molecule has 1 aliphatic heterocycles. The van der Waals surface area contributed by atoms with Crippen LogP contribution in [0.3, 0.4) is 0 Å². The Bertz CT molecular complexity index is 1020. The molecule has 1 aromatic carbocycles. The number of aromatic nitrogens is 3. The number of alkyl halides is 3. The maximum absolute atomic E-state index is 13.0. The number of benzene rings is 1. The second-order valence-corrected chi connectivity index (χ2v) is 7.59. The predicted octanol–water partition coefficient (Wildman–Crippen LogP) is 4.79. The first-order valence-corrected chi connectivity index (χ1v) is 9.75. The highest BCUT2D eigenvalue weighted by Crippen LogP contribution is 2.38. The first-order valence-electron chi connectivity index (χ1n) is 9.75. The van der Waals surface area contributed by atoms with Crippen LogP contribution < -0.4 is 0 Å². The third kappa shape index (κ3) is 3.81. The van der Waals surface area contributed by atoms with E-state index in [1.807, 2.05) is 16.9 Å². The molecule has 1 N–H and O–H groups in total. The second-order valence-electron chi connectivity index (χ2n) is 7.59. The van der Waals surface area contributed by atoms with Crippen molar-refractivity contribution in [3.05, 3.63) is 41.6 Å². The number of phenolic OH excluding ortho intramolecular Hbond substituents is 1. The van der Waals surface area contributed by atoms with Crippen LogP contribution in [0.5, 0.6) is 5.75 Å². The molecule has 1 aliphatic rings. The summed E-state index contributed by atoms with van der Waals surface area (Å²) < 4.78 is 40.9. The molecule has 4 rings (SSSR count). The number of aromatic hydroxyl groups is 1. The molecule has 0 amide bonds. The number of fused-ring (bicyclic) bond motifs is 1. The van der Waals surface area contributed by atoms with Crippen molar-refractivity contribution in [2.75, 3.05) is 19.6 Å². The molecule has 3 aromatic rings. The van der Waals surface area contributed by atoms with E-state index < -0.39 is 17.5 Å². The minimum Gasteiger partial charge on any atom is -0.507 e. The van der Waals surface area contributed by atoms with Crippen molar-refractivity contribution in [3.8, 4) is 17.0 Å². The highest BCUT2D eigenvalue weighted by atomic mass is 19.4. The van der Waals surface area contributed by atoms with E-state index in [0.717, 1.165) is 50.0 Å². The highest BCUT2D eigenvalue weighted by Gasteiger charge is 2.32. The summed E-state index contributed by atoms with van der Waals surface area (Å²) in [7, 11) is 0. The summed E-state index contributed by atoms with van der Waals surface area (Å²) in [5.41, 5.74) is 0.665. The first kappa shape index (κ1) is 19.7. The van der Waals surface area contributed by atoms with Crippen molar-refractivity contribution in [2.24, 2.45) is 0 Å². The van der Waals surface area contributed by atoms with Crippen LogP contribution in [-0.4, -0.2) is 44.4 Å². The van der Waals surface area contributed by atoms with Crippen molar-refractivity contribution in [1.29, 1.82) is 0 Å². The SMILES string of the molecule is CCN1CCC[C@@H](n2cc3ccc(-c4c(C)cc(C(F)(F)F)cc4O)nc3n2)C1. The van der Waals surface area contributed by atoms with Gasteiger partial charge in [0.1, 0.15) is 5.75 Å². The lowest BCUT2D eigenvalue weighted by Crippen LogP contribution is -2.36. The minimum absolute atomic E-state index is 0.280. The summed E-state index contributed by atoms with van der Waals surface area (Å²) >= 11 is 0. The Morgan fingerprint density at radius 2 is 2.03 bits per heavy atom. The van der Waals surface area contributed by atoms with Gasteiger partial charge in [-0.3, -0.25) is 4.68 Å². The smallest absolute Gasteiger partial charge is 0.416 e. The lowest BCUT2D eigenvalue weighted by Gasteiger charge is -2.31. The molecule has 154 valence electrons. The predicted molar refractivity (Wildman–Crippen MR) is 105 cm³/mol. The molecule has 5 nitrogen and oxygen atoms in total. The van der Waals surface area contributed by atoms with Crippen LogP contribution in [0.1, 0.15) is 36.9 Å². The zero-order chi connectivity index (χ0) is 20.8. The summed E-state index contributed by atoms with van der Waals surface area (Å²) in [5.74, 6) is -0.436. The summed E-state index contributed by atoms with van der Waals surface area (Å²) in [6.45, 7) is 6.73. The molecule has 0 saturated carbocycles. The number of aryl methyl sites for hydroxylation is 1. The van der Waals surface area contributed by atoms with Crippen molar-refractivity contribution in [3.63, 3.8) is 0 Å². The number of likely N-dealkylation sites (tertiary alicyclic amines) is 1. The van der Waals surface area contributed by atoms with Gasteiger partial charge >= 0.3 is 6.18 Å². The molecule has 1 atom stereocenters. The fourth-order valence-electron chi connectivity index (χ4n) is 4.05. The van der Waals surface area contributed by atoms with Gasteiger partial charge in [0.25, 0.3) is 0 Å². The van der Waals surface area contributed by atoms with Gasteiger partial charge in [-0.05, 0) is 62.7 Å². The molecule has 3 heterocycles. The number of hydrogen-bond donors (Lipinski definition) is 1. The number of hydrogen-bond acceptors (Lipinski definition) is 4. The lowest BCUT2D eigenvalue weighted by molar-refractivity contribution is -0.137. The average Bonchev–Trinajstić information content (AvgIpc) is 3.10. The molecule has 1 saturated heterocycles. The molecule has 8 heteroatoms. The van der Waals surface area contributed by atoms with Crippen LogP contribution in [0, 0.1) is 6.92 Å². The molecule has 1 fully saturated rings. The van der Waals surface area contributed by atoms with Crippen LogP contribution in [0.2, 0.25) is 0 Å². The van der Waals surface area contributed by atoms with Crippen LogP contribution in [0.4, 0.5) is 13.2 Å². The van der Waals surface area contributed by atoms with Gasteiger partial charge in [-0.2, -0.15) is 18.3 Å². The Morgan fingerprint density at radius 1 is 1.24 bits per heavy atom. The number of nitrogens with zero attached hydrogens (tertiary/aromatic N) is 4. The van der Waals surface area contributed by atoms with Gasteiger partial charge in [-0.15, -0.1) is 0 Å². The molecule has 0 unspecified atom stereocenters. The summed E-state index contributed by atoms with van der Waals surface area (Å²) in [6, 6.07) is 5.61. The van der Waals surface area contributed by atoms with E-state index in [1.165, 1.54) is 6.92 Å². The molecule has 0 bridgehead atoms. The fourth-order valence-corrected chi connectivity index (χ4v) is 4.05. The zero-order valence-corrected chi connectivity index (χ0v) is 16.4. The topological polar surface area (TPSA) is 54.2 Å². The normalized spacial score (nSPS) is 18.4. The van der Waals surface area contributed by atoms with E-state index in [1.54, 1.807) is 6.07 Å². The standard InChI is InChI=1S/C21H23F3N4O/c1-3-27-8-4-5-16(12-27)28-11-14-6-7-17(25-20(14)26-28)19-13(2)9-15(10-18(19)29)21(22,23)24/h6-7,9-11,16,29H,3-5,8,12H2,1-2H3/t16-/m1/s1. The van der Waals surface area contributed by atoms with Gasteiger partial charge in [0, 0.05) is 23.7 Å². The molecular formula is C21H23F3N4O. The van der Waals surface area contributed by atoms with E-state index in [0.29, 0.717) is 22.5 Å². The minimum atomic E-state index is -4.51. The Balaban J connectivity index is 1.70. The average molecular weight is 404 g/mol. The Morgan fingerprint density at radius 3 is 2.72 bits per heavy atom. The van der Waals surface area contributed by atoms with Crippen molar-refractivity contribution >= 4 is 11.0 Å². The van der Waals surface area contributed by atoms with Crippen LogP contribution in [0.25, 0.3) is 22.3 Å². The number of pyridine rings is 1. The largest absolute Gasteiger partial charge is 0.507 e. The van der Waals surface area contributed by atoms with E-state index in [-0.39, 0.29) is 6.04 Å². The van der Waals surface area contributed by atoms with E-state index in [4.69, 9.17) is 0 Å². The number of halogens is 3. The third-order valence-corrected chi connectivity index (χ3v) is 5.59. The molecular weight excluding hydrogens is 381 g/mol. The van der Waals surface area contributed by atoms with Crippen LogP contribution in [-0.2, 0) is 6.18 Å². The Kier molecular flexibility index (Phi) is 4.98. The zero-order valence-electron chi connectivity index (χ0n) is 16.4. The highest BCUT2D eigenvalue weighted by molar-refractivity contribution is 5.80. The molecule has 2 aromatic heterocycles.